The molecule has 1 atom stereocenters. The van der Waals surface area contributed by atoms with Crippen LogP contribution in [0.25, 0.3) is 10.9 Å². The van der Waals surface area contributed by atoms with Crippen molar-refractivity contribution < 1.29 is 9.53 Å². The number of benzene rings is 2. The number of para-hydroxylation sites is 2. The highest BCUT2D eigenvalue weighted by atomic mass is 16.5. The minimum Gasteiger partial charge on any atom is -0.481 e. The van der Waals surface area contributed by atoms with Crippen LogP contribution in [-0.4, -0.2) is 37.1 Å². The van der Waals surface area contributed by atoms with E-state index in [9.17, 15) is 4.79 Å². The second-order valence-electron chi connectivity index (χ2n) is 8.40. The zero-order valence-corrected chi connectivity index (χ0v) is 17.4. The number of carbonyl (C=O) groups excluding carboxylic acids is 1. The monoisotopic (exact) mass is 401 g/mol. The molecule has 154 valence electrons. The lowest BCUT2D eigenvalue weighted by Gasteiger charge is -2.32. The minimum atomic E-state index is -0.0158. The quantitative estimate of drug-likeness (QED) is 0.648. The normalized spacial score (nSPS) is 18.5. The first-order chi connectivity index (χ1) is 14.7. The number of rotatable bonds is 4. The Bertz CT molecular complexity index is 1080. The third kappa shape index (κ3) is 3.60. The fourth-order valence-corrected chi connectivity index (χ4v) is 4.61. The molecule has 2 aliphatic rings. The van der Waals surface area contributed by atoms with Crippen molar-refractivity contribution in [2.24, 2.45) is 5.92 Å². The van der Waals surface area contributed by atoms with Gasteiger partial charge in [-0.2, -0.15) is 0 Å². The molecule has 3 aromatic rings. The van der Waals surface area contributed by atoms with Gasteiger partial charge >= 0.3 is 0 Å². The molecule has 3 heterocycles. The maximum atomic E-state index is 12.8. The maximum Gasteiger partial charge on any atom is 0.264 e. The SMILES string of the molecule is C[C@@H]1CCCN(c2ccc3cccc(OCC(=O)N4CCc5ccccc54)c3n2)C1. The van der Waals surface area contributed by atoms with Gasteiger partial charge in [0.15, 0.2) is 6.61 Å². The molecule has 1 fully saturated rings. The standard InChI is InChI=1S/C25H27N3O2/c1-18-6-5-14-27(16-18)23-12-11-20-8-4-10-22(25(20)26-23)30-17-24(29)28-15-13-19-7-2-3-9-21(19)28/h2-4,7-12,18H,5-6,13-17H2,1H3/t18-/m1/s1. The Morgan fingerprint density at radius 2 is 2.00 bits per heavy atom. The van der Waals surface area contributed by atoms with Crippen LogP contribution in [0.2, 0.25) is 0 Å². The van der Waals surface area contributed by atoms with Gasteiger partial charge in [0.05, 0.1) is 0 Å². The number of ether oxygens (including phenoxy) is 1. The number of fused-ring (bicyclic) bond motifs is 2. The van der Waals surface area contributed by atoms with Crippen LogP contribution in [0.3, 0.4) is 0 Å². The Morgan fingerprint density at radius 3 is 2.90 bits per heavy atom. The van der Waals surface area contributed by atoms with E-state index in [2.05, 4.69) is 30.0 Å². The van der Waals surface area contributed by atoms with Gasteiger partial charge in [-0.1, -0.05) is 37.3 Å². The van der Waals surface area contributed by atoms with E-state index >= 15 is 0 Å². The summed E-state index contributed by atoms with van der Waals surface area (Å²) in [6.45, 7) is 5.10. The Kier molecular flexibility index (Phi) is 5.03. The number of hydrogen-bond acceptors (Lipinski definition) is 4. The first-order valence-electron chi connectivity index (χ1n) is 10.8. The lowest BCUT2D eigenvalue weighted by molar-refractivity contribution is -0.120. The molecule has 1 saturated heterocycles. The molecule has 1 amide bonds. The van der Waals surface area contributed by atoms with Crippen molar-refractivity contribution in [1.29, 1.82) is 0 Å². The largest absolute Gasteiger partial charge is 0.481 e. The van der Waals surface area contributed by atoms with E-state index in [1.54, 1.807) is 0 Å². The minimum absolute atomic E-state index is 0.0140. The summed E-state index contributed by atoms with van der Waals surface area (Å²) in [5.41, 5.74) is 3.05. The van der Waals surface area contributed by atoms with Gasteiger partial charge in [0, 0.05) is 30.7 Å². The van der Waals surface area contributed by atoms with Crippen molar-refractivity contribution in [2.75, 3.05) is 36.0 Å². The van der Waals surface area contributed by atoms with Crippen molar-refractivity contribution in [2.45, 2.75) is 26.2 Å². The first kappa shape index (κ1) is 18.9. The Balaban J connectivity index is 1.35. The van der Waals surface area contributed by atoms with Crippen LogP contribution >= 0.6 is 0 Å². The predicted molar refractivity (Wildman–Crippen MR) is 120 cm³/mol. The molecular formula is C25H27N3O2. The van der Waals surface area contributed by atoms with E-state index in [4.69, 9.17) is 9.72 Å². The predicted octanol–water partition coefficient (Wildman–Crippen LogP) is 4.44. The van der Waals surface area contributed by atoms with E-state index in [1.807, 2.05) is 41.3 Å². The van der Waals surface area contributed by atoms with Crippen LogP contribution in [0.5, 0.6) is 5.75 Å². The van der Waals surface area contributed by atoms with Crippen LogP contribution in [0.1, 0.15) is 25.3 Å². The van der Waals surface area contributed by atoms with E-state index in [-0.39, 0.29) is 12.5 Å². The fourth-order valence-electron chi connectivity index (χ4n) is 4.61. The molecule has 0 bridgehead atoms. The number of hydrogen-bond donors (Lipinski definition) is 0. The molecule has 0 aliphatic carbocycles. The summed E-state index contributed by atoms with van der Waals surface area (Å²) in [4.78, 5) is 21.9. The van der Waals surface area contributed by atoms with Crippen LogP contribution < -0.4 is 14.5 Å². The Hall–Kier alpha value is -3.08. The van der Waals surface area contributed by atoms with Gasteiger partial charge in [-0.25, -0.2) is 4.98 Å². The summed E-state index contributed by atoms with van der Waals surface area (Å²) in [6, 6.07) is 18.2. The van der Waals surface area contributed by atoms with Crippen molar-refractivity contribution in [1.82, 2.24) is 4.98 Å². The molecule has 0 saturated carbocycles. The summed E-state index contributed by atoms with van der Waals surface area (Å²) in [7, 11) is 0. The lowest BCUT2D eigenvalue weighted by Crippen LogP contribution is -2.34. The van der Waals surface area contributed by atoms with Crippen molar-refractivity contribution in [3.63, 3.8) is 0 Å². The summed E-state index contributed by atoms with van der Waals surface area (Å²) < 4.78 is 6.00. The average molecular weight is 402 g/mol. The molecule has 5 nitrogen and oxygen atoms in total. The first-order valence-corrected chi connectivity index (χ1v) is 10.8. The number of amides is 1. The van der Waals surface area contributed by atoms with Crippen molar-refractivity contribution in [3.05, 3.63) is 60.2 Å². The fraction of sp³-hybridized carbons (Fsp3) is 0.360. The summed E-state index contributed by atoms with van der Waals surface area (Å²) in [6.07, 6.45) is 3.38. The molecule has 2 aromatic carbocycles. The summed E-state index contributed by atoms with van der Waals surface area (Å²) in [5.74, 6) is 2.33. The second kappa shape index (κ2) is 7.98. The van der Waals surface area contributed by atoms with Gasteiger partial charge in [0.1, 0.15) is 17.1 Å². The highest BCUT2D eigenvalue weighted by Gasteiger charge is 2.24. The van der Waals surface area contributed by atoms with Crippen molar-refractivity contribution >= 4 is 28.3 Å². The highest BCUT2D eigenvalue weighted by molar-refractivity contribution is 5.96. The molecule has 0 N–H and O–H groups in total. The van der Waals surface area contributed by atoms with E-state index in [1.165, 1.54) is 18.4 Å². The second-order valence-corrected chi connectivity index (χ2v) is 8.40. The maximum absolute atomic E-state index is 12.8. The summed E-state index contributed by atoms with van der Waals surface area (Å²) in [5, 5.41) is 1.03. The molecule has 1 aromatic heterocycles. The van der Waals surface area contributed by atoms with Crippen LogP contribution in [0.15, 0.2) is 54.6 Å². The molecule has 0 spiro atoms. The number of pyridine rings is 1. The van der Waals surface area contributed by atoms with Gasteiger partial charge in [-0.05, 0) is 55.0 Å². The number of carbonyl (C=O) groups is 1. The van der Waals surface area contributed by atoms with Crippen LogP contribution in [-0.2, 0) is 11.2 Å². The highest BCUT2D eigenvalue weighted by Crippen LogP contribution is 2.30. The van der Waals surface area contributed by atoms with Gasteiger partial charge < -0.3 is 14.5 Å². The molecular weight excluding hydrogens is 374 g/mol. The van der Waals surface area contributed by atoms with Gasteiger partial charge in [0.25, 0.3) is 5.91 Å². The zero-order valence-electron chi connectivity index (χ0n) is 17.4. The molecule has 0 unspecified atom stereocenters. The number of anilines is 2. The number of piperidine rings is 1. The third-order valence-corrected chi connectivity index (χ3v) is 6.19. The number of nitrogens with zero attached hydrogens (tertiary/aromatic N) is 3. The molecule has 2 aliphatic heterocycles. The van der Waals surface area contributed by atoms with Gasteiger partial charge in [0.2, 0.25) is 0 Å². The zero-order chi connectivity index (χ0) is 20.5. The van der Waals surface area contributed by atoms with E-state index < -0.39 is 0 Å². The molecule has 5 rings (SSSR count). The van der Waals surface area contributed by atoms with E-state index in [0.29, 0.717) is 18.2 Å². The average Bonchev–Trinajstić information content (AvgIpc) is 3.21. The van der Waals surface area contributed by atoms with Crippen LogP contribution in [0, 0.1) is 5.92 Å². The van der Waals surface area contributed by atoms with Gasteiger partial charge in [-0.3, -0.25) is 4.79 Å². The van der Waals surface area contributed by atoms with Crippen molar-refractivity contribution in [3.8, 4) is 5.75 Å². The number of aromatic nitrogens is 1. The van der Waals surface area contributed by atoms with Gasteiger partial charge in [-0.15, -0.1) is 0 Å². The molecule has 0 radical (unpaired) electrons. The van der Waals surface area contributed by atoms with E-state index in [0.717, 1.165) is 41.9 Å². The Morgan fingerprint density at radius 1 is 1.10 bits per heavy atom. The molecule has 5 heteroatoms. The van der Waals surface area contributed by atoms with Crippen LogP contribution in [0.4, 0.5) is 11.5 Å². The molecule has 30 heavy (non-hydrogen) atoms. The topological polar surface area (TPSA) is 45.7 Å². The lowest BCUT2D eigenvalue weighted by atomic mass is 10.0. The Labute approximate surface area is 177 Å². The summed E-state index contributed by atoms with van der Waals surface area (Å²) >= 11 is 0. The third-order valence-electron chi connectivity index (χ3n) is 6.19. The smallest absolute Gasteiger partial charge is 0.264 e.